The van der Waals surface area contributed by atoms with Crippen LogP contribution in [0.1, 0.15) is 113 Å². The minimum absolute atomic E-state index is 0.276. The molecule has 2 aromatic rings. The van der Waals surface area contributed by atoms with Crippen LogP contribution >= 0.6 is 0 Å². The summed E-state index contributed by atoms with van der Waals surface area (Å²) >= 11 is 0. The van der Waals surface area contributed by atoms with Crippen LogP contribution in [-0.4, -0.2) is 5.97 Å². The summed E-state index contributed by atoms with van der Waals surface area (Å²) in [6, 6.07) is 16.3. The lowest BCUT2D eigenvalue weighted by molar-refractivity contribution is 0.0734. The van der Waals surface area contributed by atoms with Gasteiger partial charge in [0.1, 0.15) is 5.75 Å². The molecule has 0 heterocycles. The molecule has 0 spiro atoms. The predicted molar refractivity (Wildman–Crippen MR) is 135 cm³/mol. The highest BCUT2D eigenvalue weighted by molar-refractivity contribution is 5.91. The molecule has 32 heavy (non-hydrogen) atoms. The van der Waals surface area contributed by atoms with Gasteiger partial charge in [-0.3, -0.25) is 0 Å². The molecule has 174 valence electrons. The second-order valence-electron chi connectivity index (χ2n) is 9.98. The summed E-state index contributed by atoms with van der Waals surface area (Å²) in [6.07, 6.45) is 15.2. The number of rotatable bonds is 11. The maximum Gasteiger partial charge on any atom is 0.343 e. The summed E-state index contributed by atoms with van der Waals surface area (Å²) < 4.78 is 5.69. The summed E-state index contributed by atoms with van der Waals surface area (Å²) in [6.45, 7) is 6.90. The standard InChI is InChI=1S/C30H42O2/c1-4-6-7-9-12-25-13-15-26(16-14-25)29(31)32-28-19-17-27(18-20-28)30(23-24(3)5-2)21-10-8-11-22-30/h13-20,24H,4-12,21-23H2,1-3H3. The van der Waals surface area contributed by atoms with Crippen molar-refractivity contribution < 1.29 is 9.53 Å². The minimum atomic E-state index is -0.276. The fraction of sp³-hybridized carbons (Fsp3) is 0.567. The molecule has 1 fully saturated rings. The second-order valence-corrected chi connectivity index (χ2v) is 9.98. The highest BCUT2D eigenvalue weighted by Crippen LogP contribution is 2.44. The Morgan fingerprint density at radius 3 is 2.22 bits per heavy atom. The molecule has 0 aliphatic heterocycles. The summed E-state index contributed by atoms with van der Waals surface area (Å²) in [5.41, 5.74) is 3.63. The van der Waals surface area contributed by atoms with E-state index in [-0.39, 0.29) is 5.97 Å². The van der Waals surface area contributed by atoms with Crippen LogP contribution in [0.3, 0.4) is 0 Å². The van der Waals surface area contributed by atoms with E-state index in [4.69, 9.17) is 4.74 Å². The van der Waals surface area contributed by atoms with Gasteiger partial charge in [0.25, 0.3) is 0 Å². The van der Waals surface area contributed by atoms with Gasteiger partial charge in [-0.1, -0.05) is 90.0 Å². The zero-order valence-electron chi connectivity index (χ0n) is 20.5. The van der Waals surface area contributed by atoms with E-state index in [0.717, 1.165) is 12.3 Å². The lowest BCUT2D eigenvalue weighted by Crippen LogP contribution is -2.31. The number of carbonyl (C=O) groups excluding carboxylic acids is 1. The van der Waals surface area contributed by atoms with Crippen LogP contribution in [-0.2, 0) is 11.8 Å². The van der Waals surface area contributed by atoms with Gasteiger partial charge in [-0.05, 0) is 78.8 Å². The van der Waals surface area contributed by atoms with E-state index in [1.54, 1.807) is 0 Å². The SMILES string of the molecule is CCCCCCc1ccc(C(=O)Oc2ccc(C3(CC(C)CC)CCCCC3)cc2)cc1. The first-order valence-electron chi connectivity index (χ1n) is 13.0. The Labute approximate surface area is 195 Å². The van der Waals surface area contributed by atoms with E-state index in [2.05, 4.69) is 45.0 Å². The molecule has 2 nitrogen and oxygen atoms in total. The van der Waals surface area contributed by atoms with E-state index in [9.17, 15) is 4.79 Å². The number of hydrogen-bond donors (Lipinski definition) is 0. The van der Waals surface area contributed by atoms with Gasteiger partial charge in [0, 0.05) is 0 Å². The number of unbranched alkanes of at least 4 members (excludes halogenated alkanes) is 3. The van der Waals surface area contributed by atoms with Crippen molar-refractivity contribution in [1.29, 1.82) is 0 Å². The number of esters is 1. The lowest BCUT2D eigenvalue weighted by atomic mass is 9.65. The number of aryl methyl sites for hydroxylation is 1. The number of benzene rings is 2. The first-order valence-corrected chi connectivity index (χ1v) is 13.0. The Bertz CT molecular complexity index is 813. The Morgan fingerprint density at radius 1 is 0.906 bits per heavy atom. The first-order chi connectivity index (χ1) is 15.6. The molecule has 0 bridgehead atoms. The van der Waals surface area contributed by atoms with Gasteiger partial charge in [-0.2, -0.15) is 0 Å². The lowest BCUT2D eigenvalue weighted by Gasteiger charge is -2.40. The van der Waals surface area contributed by atoms with E-state index in [1.807, 2.05) is 24.3 Å². The summed E-state index contributed by atoms with van der Waals surface area (Å²) in [5.74, 6) is 1.10. The molecule has 2 aromatic carbocycles. The molecule has 0 N–H and O–H groups in total. The van der Waals surface area contributed by atoms with Gasteiger partial charge in [0.2, 0.25) is 0 Å². The molecule has 0 radical (unpaired) electrons. The first kappa shape index (κ1) is 24.6. The Hall–Kier alpha value is -2.09. The highest BCUT2D eigenvalue weighted by atomic mass is 16.5. The van der Waals surface area contributed by atoms with Crippen LogP contribution in [0.15, 0.2) is 48.5 Å². The van der Waals surface area contributed by atoms with E-state index in [1.165, 1.54) is 81.8 Å². The average Bonchev–Trinajstić information content (AvgIpc) is 2.83. The fourth-order valence-electron chi connectivity index (χ4n) is 5.26. The third-order valence-corrected chi connectivity index (χ3v) is 7.43. The topological polar surface area (TPSA) is 26.3 Å². The molecular weight excluding hydrogens is 392 g/mol. The van der Waals surface area contributed by atoms with Crippen LogP contribution in [0.5, 0.6) is 5.75 Å². The average molecular weight is 435 g/mol. The molecule has 0 aromatic heterocycles. The Morgan fingerprint density at radius 2 is 1.59 bits per heavy atom. The minimum Gasteiger partial charge on any atom is -0.423 e. The van der Waals surface area contributed by atoms with E-state index < -0.39 is 0 Å². The van der Waals surface area contributed by atoms with Crippen molar-refractivity contribution in [2.45, 2.75) is 103 Å². The maximum atomic E-state index is 12.6. The van der Waals surface area contributed by atoms with Crippen molar-refractivity contribution in [3.05, 3.63) is 65.2 Å². The smallest absolute Gasteiger partial charge is 0.343 e. The maximum absolute atomic E-state index is 12.6. The van der Waals surface area contributed by atoms with Gasteiger partial charge in [-0.15, -0.1) is 0 Å². The number of ether oxygens (including phenoxy) is 1. The van der Waals surface area contributed by atoms with Crippen molar-refractivity contribution in [2.75, 3.05) is 0 Å². The molecule has 1 atom stereocenters. The Kier molecular flexibility index (Phi) is 9.38. The van der Waals surface area contributed by atoms with Crippen LogP contribution in [0.25, 0.3) is 0 Å². The van der Waals surface area contributed by atoms with Crippen LogP contribution < -0.4 is 4.74 Å². The van der Waals surface area contributed by atoms with Gasteiger partial charge in [0.05, 0.1) is 5.56 Å². The monoisotopic (exact) mass is 434 g/mol. The zero-order valence-corrected chi connectivity index (χ0v) is 20.5. The largest absolute Gasteiger partial charge is 0.423 e. The van der Waals surface area contributed by atoms with Gasteiger partial charge in [-0.25, -0.2) is 4.79 Å². The van der Waals surface area contributed by atoms with E-state index >= 15 is 0 Å². The predicted octanol–water partition coefficient (Wildman–Crippen LogP) is 8.67. The molecular formula is C30H42O2. The molecule has 0 saturated heterocycles. The Balaban J connectivity index is 1.61. The molecule has 3 rings (SSSR count). The third kappa shape index (κ3) is 6.70. The van der Waals surface area contributed by atoms with Gasteiger partial charge >= 0.3 is 5.97 Å². The van der Waals surface area contributed by atoms with Crippen molar-refractivity contribution in [2.24, 2.45) is 5.92 Å². The summed E-state index contributed by atoms with van der Waals surface area (Å²) in [5, 5.41) is 0. The molecule has 1 saturated carbocycles. The normalized spacial score (nSPS) is 16.5. The number of carbonyl (C=O) groups is 1. The van der Waals surface area contributed by atoms with Gasteiger partial charge in [0.15, 0.2) is 0 Å². The van der Waals surface area contributed by atoms with Crippen molar-refractivity contribution in [1.82, 2.24) is 0 Å². The summed E-state index contributed by atoms with van der Waals surface area (Å²) in [7, 11) is 0. The highest BCUT2D eigenvalue weighted by Gasteiger charge is 2.34. The summed E-state index contributed by atoms with van der Waals surface area (Å²) in [4.78, 5) is 12.6. The quantitative estimate of drug-likeness (QED) is 0.201. The molecule has 2 heteroatoms. The van der Waals surface area contributed by atoms with Crippen molar-refractivity contribution in [3.63, 3.8) is 0 Å². The van der Waals surface area contributed by atoms with Crippen molar-refractivity contribution >= 4 is 5.97 Å². The molecule has 0 amide bonds. The van der Waals surface area contributed by atoms with Crippen LogP contribution in [0.4, 0.5) is 0 Å². The molecule has 1 aliphatic rings. The van der Waals surface area contributed by atoms with E-state index in [0.29, 0.717) is 16.7 Å². The van der Waals surface area contributed by atoms with Crippen LogP contribution in [0, 0.1) is 5.92 Å². The molecule has 1 unspecified atom stereocenters. The van der Waals surface area contributed by atoms with Crippen LogP contribution in [0.2, 0.25) is 0 Å². The van der Waals surface area contributed by atoms with Gasteiger partial charge < -0.3 is 4.74 Å². The second kappa shape index (κ2) is 12.2. The fourth-order valence-corrected chi connectivity index (χ4v) is 5.26. The van der Waals surface area contributed by atoms with Crippen molar-refractivity contribution in [3.8, 4) is 5.75 Å². The third-order valence-electron chi connectivity index (χ3n) is 7.43. The zero-order chi connectivity index (χ0) is 22.8. The number of hydrogen-bond acceptors (Lipinski definition) is 2. The molecule has 1 aliphatic carbocycles.